The lowest BCUT2D eigenvalue weighted by atomic mass is 10.1. The summed E-state index contributed by atoms with van der Waals surface area (Å²) >= 11 is 0. The maximum Gasteiger partial charge on any atom is 0.270 e. The number of pyridine rings is 1. The number of amides is 1. The first-order chi connectivity index (χ1) is 11.9. The molecule has 1 N–H and O–H groups in total. The smallest absolute Gasteiger partial charge is 0.270 e. The molecule has 0 aliphatic carbocycles. The van der Waals surface area contributed by atoms with E-state index < -0.39 is 10.0 Å². The number of hydrogen-bond donors (Lipinski definition) is 1. The molecule has 2 atom stereocenters. The Morgan fingerprint density at radius 2 is 2.00 bits per heavy atom. The third kappa shape index (κ3) is 3.97. The fraction of sp³-hybridized carbons (Fsp3) is 0.412. The number of ether oxygens (including phenoxy) is 1. The van der Waals surface area contributed by atoms with Crippen LogP contribution in [0.5, 0.6) is 0 Å². The Morgan fingerprint density at radius 3 is 2.72 bits per heavy atom. The first-order valence-electron chi connectivity index (χ1n) is 8.00. The second kappa shape index (κ2) is 7.07. The molecule has 2 heterocycles. The molecule has 1 saturated heterocycles. The first kappa shape index (κ1) is 17.8. The summed E-state index contributed by atoms with van der Waals surface area (Å²) in [6, 6.07) is 9.03. The summed E-state index contributed by atoms with van der Waals surface area (Å²) in [6.07, 6.45) is 1.66. The van der Waals surface area contributed by atoms with Crippen LogP contribution in [0, 0.1) is 5.92 Å². The van der Waals surface area contributed by atoms with Crippen LogP contribution in [0.1, 0.15) is 10.5 Å². The number of carbonyl (C=O) groups excluding carboxylic acids is 1. The molecule has 0 saturated carbocycles. The maximum atomic E-state index is 12.5. The molecule has 0 radical (unpaired) electrons. The van der Waals surface area contributed by atoms with Crippen molar-refractivity contribution in [1.82, 2.24) is 14.6 Å². The second-order valence-electron chi connectivity index (χ2n) is 6.36. The molecule has 0 spiro atoms. The number of nitrogens with one attached hydrogen (secondary N) is 1. The number of benzene rings is 1. The molecule has 1 aliphatic rings. The van der Waals surface area contributed by atoms with Gasteiger partial charge >= 0.3 is 0 Å². The molecular weight excluding hydrogens is 342 g/mol. The zero-order chi connectivity index (χ0) is 18.0. The molecule has 3 rings (SSSR count). The zero-order valence-electron chi connectivity index (χ0n) is 14.2. The second-order valence-corrected chi connectivity index (χ2v) is 8.58. The Bertz CT molecular complexity index is 882. The van der Waals surface area contributed by atoms with Crippen molar-refractivity contribution < 1.29 is 17.9 Å². The molecule has 1 aliphatic heterocycles. The monoisotopic (exact) mass is 363 g/mol. The molecule has 134 valence electrons. The number of fused-ring (bicyclic) bond motifs is 1. The highest BCUT2D eigenvalue weighted by Crippen LogP contribution is 2.18. The van der Waals surface area contributed by atoms with E-state index in [0.717, 1.165) is 10.8 Å². The minimum Gasteiger partial charge on any atom is -0.379 e. The lowest BCUT2D eigenvalue weighted by Gasteiger charge is -2.20. The average molecular weight is 363 g/mol. The molecule has 0 bridgehead atoms. The molecule has 2 unspecified atom stereocenters. The van der Waals surface area contributed by atoms with Crippen LogP contribution < -0.4 is 5.32 Å². The third-order valence-electron chi connectivity index (χ3n) is 4.36. The van der Waals surface area contributed by atoms with Crippen LogP contribution >= 0.6 is 0 Å². The van der Waals surface area contributed by atoms with Crippen molar-refractivity contribution in [2.45, 2.75) is 6.04 Å². The minimum atomic E-state index is -3.36. The van der Waals surface area contributed by atoms with Gasteiger partial charge in [-0.15, -0.1) is 0 Å². The normalized spacial score (nSPS) is 20.9. The van der Waals surface area contributed by atoms with Crippen molar-refractivity contribution in [2.75, 3.05) is 33.1 Å². The van der Waals surface area contributed by atoms with Crippen LogP contribution in [0.25, 0.3) is 10.8 Å². The highest BCUT2D eigenvalue weighted by Gasteiger charge is 2.34. The van der Waals surface area contributed by atoms with Gasteiger partial charge in [0, 0.05) is 31.6 Å². The van der Waals surface area contributed by atoms with Crippen LogP contribution in [0.3, 0.4) is 0 Å². The van der Waals surface area contributed by atoms with E-state index in [4.69, 9.17) is 4.74 Å². The Hall–Kier alpha value is -2.03. The van der Waals surface area contributed by atoms with Gasteiger partial charge in [0.1, 0.15) is 5.69 Å². The van der Waals surface area contributed by atoms with E-state index in [1.807, 2.05) is 24.3 Å². The van der Waals surface area contributed by atoms with E-state index in [-0.39, 0.29) is 23.6 Å². The maximum absolute atomic E-state index is 12.5. The zero-order valence-corrected chi connectivity index (χ0v) is 15.0. The topological polar surface area (TPSA) is 88.6 Å². The van der Waals surface area contributed by atoms with Gasteiger partial charge in [-0.25, -0.2) is 12.7 Å². The van der Waals surface area contributed by atoms with Gasteiger partial charge in [0.2, 0.25) is 10.0 Å². The molecule has 7 nitrogen and oxygen atoms in total. The fourth-order valence-electron chi connectivity index (χ4n) is 2.79. The predicted molar refractivity (Wildman–Crippen MR) is 94.8 cm³/mol. The Balaban J connectivity index is 1.72. The first-order valence-corrected chi connectivity index (χ1v) is 9.61. The van der Waals surface area contributed by atoms with E-state index in [1.54, 1.807) is 12.3 Å². The van der Waals surface area contributed by atoms with Crippen molar-refractivity contribution in [3.8, 4) is 0 Å². The van der Waals surface area contributed by atoms with Crippen molar-refractivity contribution in [2.24, 2.45) is 5.92 Å². The van der Waals surface area contributed by atoms with E-state index in [2.05, 4.69) is 10.3 Å². The Morgan fingerprint density at radius 1 is 1.28 bits per heavy atom. The Kier molecular flexibility index (Phi) is 5.03. The number of sulfonamides is 1. The van der Waals surface area contributed by atoms with E-state index >= 15 is 0 Å². The number of aromatic nitrogens is 1. The van der Waals surface area contributed by atoms with Crippen molar-refractivity contribution in [3.63, 3.8) is 0 Å². The third-order valence-corrected chi connectivity index (χ3v) is 6.32. The van der Waals surface area contributed by atoms with Gasteiger partial charge < -0.3 is 10.1 Å². The van der Waals surface area contributed by atoms with E-state index in [0.29, 0.717) is 18.9 Å². The summed E-state index contributed by atoms with van der Waals surface area (Å²) < 4.78 is 30.7. The highest BCUT2D eigenvalue weighted by atomic mass is 32.2. The van der Waals surface area contributed by atoms with E-state index in [1.165, 1.54) is 18.4 Å². The minimum absolute atomic E-state index is 0.0594. The van der Waals surface area contributed by atoms with Gasteiger partial charge in [-0.1, -0.05) is 24.3 Å². The molecule has 2 aromatic rings. The molecule has 8 heteroatoms. The van der Waals surface area contributed by atoms with Gasteiger partial charge in [0.05, 0.1) is 25.0 Å². The molecular formula is C17H21N3O4S. The fourth-order valence-corrected chi connectivity index (χ4v) is 3.96. The standard InChI is InChI=1S/C17H21N3O4S/c1-20(2)25(22,23)11-14-9-24-10-16(14)19-17(21)15-7-12-5-3-4-6-13(12)8-18-15/h3-8,14,16H,9-11H2,1-2H3,(H,19,21). The number of carbonyl (C=O) groups is 1. The van der Waals surface area contributed by atoms with Gasteiger partial charge in [-0.05, 0) is 11.5 Å². The van der Waals surface area contributed by atoms with Crippen molar-refractivity contribution >= 4 is 26.7 Å². The highest BCUT2D eigenvalue weighted by molar-refractivity contribution is 7.89. The SMILES string of the molecule is CN(C)S(=O)(=O)CC1COCC1NC(=O)c1cc2ccccc2cn1. The summed E-state index contributed by atoms with van der Waals surface area (Å²) in [4.78, 5) is 16.7. The van der Waals surface area contributed by atoms with Crippen LogP contribution in [0.4, 0.5) is 0 Å². The Labute approximate surface area is 147 Å². The lowest BCUT2D eigenvalue weighted by Crippen LogP contribution is -2.43. The van der Waals surface area contributed by atoms with Crippen LogP contribution in [-0.2, 0) is 14.8 Å². The van der Waals surface area contributed by atoms with Crippen LogP contribution in [-0.4, -0.2) is 62.7 Å². The molecule has 1 aromatic carbocycles. The number of rotatable bonds is 5. The van der Waals surface area contributed by atoms with Crippen LogP contribution in [0.2, 0.25) is 0 Å². The number of hydrogen-bond acceptors (Lipinski definition) is 5. The number of nitrogens with zero attached hydrogens (tertiary/aromatic N) is 2. The summed E-state index contributed by atoms with van der Waals surface area (Å²) in [5.74, 6) is -0.666. The largest absolute Gasteiger partial charge is 0.379 e. The quantitative estimate of drug-likeness (QED) is 0.852. The van der Waals surface area contributed by atoms with Gasteiger partial charge in [0.15, 0.2) is 0 Å². The lowest BCUT2D eigenvalue weighted by molar-refractivity contribution is 0.0921. The summed E-state index contributed by atoms with van der Waals surface area (Å²) in [7, 11) is -0.362. The molecule has 1 fully saturated rings. The summed E-state index contributed by atoms with van der Waals surface area (Å²) in [5, 5.41) is 4.75. The summed E-state index contributed by atoms with van der Waals surface area (Å²) in [5.41, 5.74) is 0.305. The van der Waals surface area contributed by atoms with E-state index in [9.17, 15) is 13.2 Å². The van der Waals surface area contributed by atoms with Gasteiger partial charge in [-0.3, -0.25) is 9.78 Å². The molecule has 25 heavy (non-hydrogen) atoms. The summed E-state index contributed by atoms with van der Waals surface area (Å²) in [6.45, 7) is 0.607. The van der Waals surface area contributed by atoms with Gasteiger partial charge in [0.25, 0.3) is 5.91 Å². The average Bonchev–Trinajstić information content (AvgIpc) is 3.00. The molecule has 1 aromatic heterocycles. The van der Waals surface area contributed by atoms with Crippen molar-refractivity contribution in [1.29, 1.82) is 0 Å². The molecule has 1 amide bonds. The van der Waals surface area contributed by atoms with Gasteiger partial charge in [-0.2, -0.15) is 0 Å². The van der Waals surface area contributed by atoms with Crippen molar-refractivity contribution in [3.05, 3.63) is 42.2 Å². The van der Waals surface area contributed by atoms with Crippen LogP contribution in [0.15, 0.2) is 36.5 Å². The predicted octanol–water partition coefficient (Wildman–Crippen LogP) is 0.871.